The maximum absolute atomic E-state index is 11.0. The number of benzene rings is 4. The van der Waals surface area contributed by atoms with Gasteiger partial charge in [-0.25, -0.2) is 0 Å². The number of hydrogen-bond acceptors (Lipinski definition) is 8. The maximum Gasteiger partial charge on any atom is 0.240 e. The van der Waals surface area contributed by atoms with Gasteiger partial charge in [0.25, 0.3) is 0 Å². The number of hydrogen-bond donors (Lipinski definition) is 4. The maximum atomic E-state index is 11.0. The Morgan fingerprint density at radius 1 is 0.404 bits per heavy atom. The highest BCUT2D eigenvalue weighted by atomic mass is 16.7. The fraction of sp³-hybridized carbons (Fsp3) is 0.238. The summed E-state index contributed by atoms with van der Waals surface area (Å²) >= 11 is 0. The van der Waals surface area contributed by atoms with E-state index in [2.05, 4.69) is 0 Å². The highest BCUT2D eigenvalue weighted by molar-refractivity contribution is 5.42. The molecule has 0 amide bonds. The first-order chi connectivity index (χ1) is 25.4. The lowest BCUT2D eigenvalue weighted by atomic mass is 10.2. The molecule has 0 radical (unpaired) electrons. The molecule has 52 heavy (non-hydrogen) atoms. The van der Waals surface area contributed by atoms with E-state index in [-0.39, 0.29) is 35.0 Å². The predicted octanol–water partition coefficient (Wildman–Crippen LogP) is 8.37. The fourth-order valence-corrected chi connectivity index (χ4v) is 6.14. The first-order valence-electron chi connectivity index (χ1n) is 17.7. The van der Waals surface area contributed by atoms with Crippen LogP contribution in [0.15, 0.2) is 133 Å². The van der Waals surface area contributed by atoms with Crippen molar-refractivity contribution in [3.63, 3.8) is 0 Å². The number of aromatic hydroxyl groups is 4. The molecule has 0 fully saturated rings. The number of nitrogens with zero attached hydrogens (tertiary/aromatic N) is 4. The van der Waals surface area contributed by atoms with Crippen LogP contribution in [0, 0.1) is 0 Å². The highest BCUT2D eigenvalue weighted by Crippen LogP contribution is 2.37. The van der Waals surface area contributed by atoms with Crippen molar-refractivity contribution < 1.29 is 30.1 Å². The van der Waals surface area contributed by atoms with Crippen molar-refractivity contribution >= 4 is 0 Å². The number of hydroxylamine groups is 4. The van der Waals surface area contributed by atoms with Gasteiger partial charge in [-0.3, -0.25) is 9.13 Å². The molecule has 10 nitrogen and oxygen atoms in total. The van der Waals surface area contributed by atoms with Crippen molar-refractivity contribution in [1.29, 1.82) is 0 Å². The van der Waals surface area contributed by atoms with Gasteiger partial charge in [-0.2, -0.15) is 0 Å². The van der Waals surface area contributed by atoms with Gasteiger partial charge in [-0.1, -0.05) is 134 Å². The van der Waals surface area contributed by atoms with Crippen molar-refractivity contribution in [3.05, 3.63) is 156 Å². The van der Waals surface area contributed by atoms with Crippen molar-refractivity contribution in [2.75, 3.05) is 0 Å². The molecule has 0 saturated carbocycles. The molecule has 0 saturated heterocycles. The summed E-state index contributed by atoms with van der Waals surface area (Å²) in [7, 11) is 0. The van der Waals surface area contributed by atoms with Gasteiger partial charge in [0.05, 0.1) is 26.2 Å². The lowest BCUT2D eigenvalue weighted by molar-refractivity contribution is -0.0776. The van der Waals surface area contributed by atoms with Gasteiger partial charge in [0.2, 0.25) is 23.3 Å². The van der Waals surface area contributed by atoms with Crippen molar-refractivity contribution in [1.82, 2.24) is 19.3 Å². The normalized spacial score (nSPS) is 11.3. The zero-order valence-electron chi connectivity index (χ0n) is 29.2. The van der Waals surface area contributed by atoms with Crippen LogP contribution in [0.1, 0.15) is 47.9 Å². The molecule has 0 aliphatic heterocycles. The van der Waals surface area contributed by atoms with E-state index in [0.29, 0.717) is 52.1 Å². The standard InChI is InChI=1S/C42H46N4O6/c47-39-27-37(51-43(29-33-17-7-3-8-18-33)30-34-19-9-4-10-20-34)41(49)45(39)25-15-1-2-16-26-46-40(48)28-38(42(46)50)52-44(31-35-21-11-5-12-22-35)32-36-23-13-6-14-24-36/h3-14,17-24,27-28,47-50H,1-2,15-16,25-26,29-32H2. The zero-order valence-corrected chi connectivity index (χ0v) is 29.2. The molecule has 6 rings (SSSR count). The van der Waals surface area contributed by atoms with Gasteiger partial charge < -0.3 is 30.1 Å². The first-order valence-corrected chi connectivity index (χ1v) is 17.7. The third-order valence-electron chi connectivity index (χ3n) is 8.80. The fourth-order valence-electron chi connectivity index (χ4n) is 6.14. The van der Waals surface area contributed by atoms with E-state index in [1.165, 1.54) is 21.3 Å². The molecule has 0 unspecified atom stereocenters. The molecule has 0 atom stereocenters. The molecule has 2 aromatic heterocycles. The van der Waals surface area contributed by atoms with Crippen LogP contribution in [0.2, 0.25) is 0 Å². The SMILES string of the molecule is Oc1cc(ON(Cc2ccccc2)Cc2ccccc2)c(O)n1CCCCCCn1c(O)cc(ON(Cc2ccccc2)Cc2ccccc2)c1O. The topological polar surface area (TPSA) is 116 Å². The molecule has 4 aromatic carbocycles. The Morgan fingerprint density at radius 2 is 0.692 bits per heavy atom. The Bertz CT molecular complexity index is 1720. The number of rotatable bonds is 19. The largest absolute Gasteiger partial charge is 0.494 e. The van der Waals surface area contributed by atoms with E-state index < -0.39 is 0 Å². The van der Waals surface area contributed by atoms with E-state index in [9.17, 15) is 20.4 Å². The van der Waals surface area contributed by atoms with Crippen LogP contribution in [-0.2, 0) is 39.3 Å². The second-order valence-electron chi connectivity index (χ2n) is 12.8. The third-order valence-corrected chi connectivity index (χ3v) is 8.80. The van der Waals surface area contributed by atoms with E-state index >= 15 is 0 Å². The van der Waals surface area contributed by atoms with Gasteiger partial charge >= 0.3 is 0 Å². The predicted molar refractivity (Wildman–Crippen MR) is 200 cm³/mol. The summed E-state index contributed by atoms with van der Waals surface area (Å²) < 4.78 is 2.89. The van der Waals surface area contributed by atoms with Gasteiger partial charge in [0.1, 0.15) is 0 Å². The average molecular weight is 703 g/mol. The molecular weight excluding hydrogens is 656 g/mol. The molecule has 0 spiro atoms. The summed E-state index contributed by atoms with van der Waals surface area (Å²) in [5, 5.41) is 46.9. The summed E-state index contributed by atoms with van der Waals surface area (Å²) in [5.74, 6) is -0.0387. The number of aromatic nitrogens is 2. The van der Waals surface area contributed by atoms with E-state index in [4.69, 9.17) is 9.68 Å². The smallest absolute Gasteiger partial charge is 0.240 e. The molecule has 4 N–H and O–H groups in total. The van der Waals surface area contributed by atoms with Crippen LogP contribution < -0.4 is 9.68 Å². The molecule has 0 aliphatic rings. The molecule has 270 valence electrons. The van der Waals surface area contributed by atoms with Gasteiger partial charge in [0.15, 0.2) is 11.8 Å². The first kappa shape index (κ1) is 36.0. The minimum Gasteiger partial charge on any atom is -0.494 e. The van der Waals surface area contributed by atoms with Crippen LogP contribution in [0.25, 0.3) is 0 Å². The van der Waals surface area contributed by atoms with Gasteiger partial charge in [0, 0.05) is 25.2 Å². The minimum absolute atomic E-state index is 0.0739. The Hall–Kier alpha value is -5.84. The van der Waals surface area contributed by atoms with E-state index in [0.717, 1.165) is 35.1 Å². The minimum atomic E-state index is -0.132. The van der Waals surface area contributed by atoms with Crippen LogP contribution >= 0.6 is 0 Å². The zero-order chi connectivity index (χ0) is 36.1. The average Bonchev–Trinajstić information content (AvgIpc) is 3.58. The highest BCUT2D eigenvalue weighted by Gasteiger charge is 2.21. The quantitative estimate of drug-likeness (QED) is 0.0492. The van der Waals surface area contributed by atoms with Gasteiger partial charge in [-0.15, -0.1) is 10.1 Å². The summed E-state index contributed by atoms with van der Waals surface area (Å²) in [6, 6.07) is 42.7. The summed E-state index contributed by atoms with van der Waals surface area (Å²) in [5.41, 5.74) is 4.22. The summed E-state index contributed by atoms with van der Waals surface area (Å²) in [6.45, 7) is 2.74. The second kappa shape index (κ2) is 17.9. The molecule has 6 aromatic rings. The lowest BCUT2D eigenvalue weighted by Gasteiger charge is -2.22. The molecule has 10 heteroatoms. The Kier molecular flexibility index (Phi) is 12.4. The van der Waals surface area contributed by atoms with Crippen molar-refractivity contribution in [2.24, 2.45) is 0 Å². The molecular formula is C42H46N4O6. The van der Waals surface area contributed by atoms with Gasteiger partial charge in [-0.05, 0) is 35.1 Å². The molecule has 0 bridgehead atoms. The Morgan fingerprint density at radius 3 is 0.981 bits per heavy atom. The lowest BCUT2D eigenvalue weighted by Crippen LogP contribution is -2.26. The molecule has 2 heterocycles. The Balaban J connectivity index is 1.01. The van der Waals surface area contributed by atoms with Crippen LogP contribution in [0.4, 0.5) is 0 Å². The molecule has 0 aliphatic carbocycles. The van der Waals surface area contributed by atoms with E-state index in [1.807, 2.05) is 121 Å². The second-order valence-corrected chi connectivity index (χ2v) is 12.8. The Labute approximate surface area is 304 Å². The van der Waals surface area contributed by atoms with E-state index in [1.54, 1.807) is 10.1 Å². The van der Waals surface area contributed by atoms with Crippen molar-refractivity contribution in [3.8, 4) is 35.0 Å². The van der Waals surface area contributed by atoms with Crippen LogP contribution in [-0.4, -0.2) is 39.7 Å². The monoisotopic (exact) mass is 702 g/mol. The number of unbranched alkanes of at least 4 members (excludes halogenated alkanes) is 3. The summed E-state index contributed by atoms with van der Waals surface area (Å²) in [4.78, 5) is 12.3. The van der Waals surface area contributed by atoms with Crippen LogP contribution in [0.3, 0.4) is 0 Å². The van der Waals surface area contributed by atoms with Crippen LogP contribution in [0.5, 0.6) is 35.0 Å². The van der Waals surface area contributed by atoms with Crippen molar-refractivity contribution in [2.45, 2.75) is 65.0 Å². The summed E-state index contributed by atoms with van der Waals surface area (Å²) in [6.07, 6.45) is 2.99. The third kappa shape index (κ3) is 9.90.